The average Bonchev–Trinajstić information content (AvgIpc) is 2.77. The number of ether oxygens (including phenoxy) is 2. The molecule has 0 saturated carbocycles. The number of rotatable bonds is 7. The summed E-state index contributed by atoms with van der Waals surface area (Å²) < 4.78 is 11.5. The van der Waals surface area contributed by atoms with Crippen LogP contribution in [-0.4, -0.2) is 25.9 Å². The first-order chi connectivity index (χ1) is 14.3. The number of aliphatic hydroxyl groups is 1. The Bertz CT molecular complexity index is 1150. The summed E-state index contributed by atoms with van der Waals surface area (Å²) >= 11 is 0. The third-order valence-corrected chi connectivity index (χ3v) is 5.50. The molecule has 0 heterocycles. The summed E-state index contributed by atoms with van der Waals surface area (Å²) in [7, 11) is 3.43. The molecule has 3 heteroatoms. The molecule has 0 fully saturated rings. The summed E-state index contributed by atoms with van der Waals surface area (Å²) in [5, 5.41) is 13.7. The minimum atomic E-state index is 0.246. The standard InChI is InChI=1S/C26H26O3/c1-28-23-14-11-19-8-3-4-9-21(19)25(23)26-22-13-10-18(7-5-6-16-27)17-20(22)12-15-24(26)29-2/h3-4,8-15,17,27H,5-7,16H2,1-2H3. The van der Waals surface area contributed by atoms with Crippen molar-refractivity contribution in [2.45, 2.75) is 19.3 Å². The van der Waals surface area contributed by atoms with Crippen molar-refractivity contribution in [1.29, 1.82) is 0 Å². The van der Waals surface area contributed by atoms with E-state index in [0.717, 1.165) is 52.7 Å². The maximum atomic E-state index is 9.05. The second-order valence-electron chi connectivity index (χ2n) is 7.24. The smallest absolute Gasteiger partial charge is 0.127 e. The lowest BCUT2D eigenvalue weighted by Crippen LogP contribution is -1.95. The van der Waals surface area contributed by atoms with Crippen LogP contribution >= 0.6 is 0 Å². The number of benzene rings is 4. The van der Waals surface area contributed by atoms with E-state index in [0.29, 0.717) is 0 Å². The van der Waals surface area contributed by atoms with Crippen molar-refractivity contribution >= 4 is 21.5 Å². The third-order valence-electron chi connectivity index (χ3n) is 5.50. The molecule has 0 radical (unpaired) electrons. The van der Waals surface area contributed by atoms with Gasteiger partial charge in [-0.1, -0.05) is 54.6 Å². The molecule has 0 aromatic heterocycles. The van der Waals surface area contributed by atoms with Crippen molar-refractivity contribution in [2.75, 3.05) is 20.8 Å². The van der Waals surface area contributed by atoms with Gasteiger partial charge < -0.3 is 14.6 Å². The zero-order valence-corrected chi connectivity index (χ0v) is 16.9. The molecule has 0 aliphatic rings. The Labute approximate surface area is 171 Å². The number of aliphatic hydroxyl groups excluding tert-OH is 1. The molecular weight excluding hydrogens is 360 g/mol. The monoisotopic (exact) mass is 386 g/mol. The van der Waals surface area contributed by atoms with E-state index in [1.807, 2.05) is 12.1 Å². The molecule has 0 aliphatic heterocycles. The molecule has 3 nitrogen and oxygen atoms in total. The highest BCUT2D eigenvalue weighted by molar-refractivity contribution is 6.09. The minimum absolute atomic E-state index is 0.246. The Kier molecular flexibility index (Phi) is 5.68. The van der Waals surface area contributed by atoms with Gasteiger partial charge >= 0.3 is 0 Å². The normalized spacial score (nSPS) is 11.1. The fraction of sp³-hybridized carbons (Fsp3) is 0.231. The Morgan fingerprint density at radius 1 is 0.690 bits per heavy atom. The Morgan fingerprint density at radius 2 is 1.34 bits per heavy atom. The van der Waals surface area contributed by atoms with Crippen LogP contribution < -0.4 is 9.47 Å². The summed E-state index contributed by atoms with van der Waals surface area (Å²) in [5.41, 5.74) is 3.40. The third kappa shape index (κ3) is 3.66. The van der Waals surface area contributed by atoms with Crippen molar-refractivity contribution in [2.24, 2.45) is 0 Å². The highest BCUT2D eigenvalue weighted by Crippen LogP contribution is 2.45. The highest BCUT2D eigenvalue weighted by atomic mass is 16.5. The lowest BCUT2D eigenvalue weighted by Gasteiger charge is -2.18. The number of unbranched alkanes of at least 4 members (excludes halogenated alkanes) is 1. The number of aryl methyl sites for hydroxylation is 1. The molecule has 0 amide bonds. The fourth-order valence-corrected chi connectivity index (χ4v) is 4.06. The van der Waals surface area contributed by atoms with Crippen molar-refractivity contribution in [3.05, 3.63) is 72.3 Å². The van der Waals surface area contributed by atoms with Crippen LogP contribution in [0.1, 0.15) is 18.4 Å². The van der Waals surface area contributed by atoms with Gasteiger partial charge in [0.15, 0.2) is 0 Å². The van der Waals surface area contributed by atoms with E-state index >= 15 is 0 Å². The van der Waals surface area contributed by atoms with E-state index in [9.17, 15) is 0 Å². The van der Waals surface area contributed by atoms with Gasteiger partial charge in [0, 0.05) is 17.7 Å². The van der Waals surface area contributed by atoms with Gasteiger partial charge in [-0.3, -0.25) is 0 Å². The lowest BCUT2D eigenvalue weighted by atomic mass is 9.91. The largest absolute Gasteiger partial charge is 0.496 e. The molecule has 148 valence electrons. The first-order valence-electron chi connectivity index (χ1n) is 10.0. The maximum absolute atomic E-state index is 9.05. The van der Waals surface area contributed by atoms with Crippen LogP contribution in [-0.2, 0) is 6.42 Å². The second kappa shape index (κ2) is 8.54. The minimum Gasteiger partial charge on any atom is -0.496 e. The van der Waals surface area contributed by atoms with Crippen LogP contribution in [0.3, 0.4) is 0 Å². The molecule has 4 aromatic carbocycles. The number of fused-ring (bicyclic) bond motifs is 2. The zero-order valence-electron chi connectivity index (χ0n) is 16.9. The van der Waals surface area contributed by atoms with Gasteiger partial charge in [0.1, 0.15) is 11.5 Å². The molecule has 29 heavy (non-hydrogen) atoms. The van der Waals surface area contributed by atoms with Gasteiger partial charge in [0.25, 0.3) is 0 Å². The highest BCUT2D eigenvalue weighted by Gasteiger charge is 2.18. The van der Waals surface area contributed by atoms with Gasteiger partial charge in [-0.15, -0.1) is 0 Å². The number of hydrogen-bond donors (Lipinski definition) is 1. The van der Waals surface area contributed by atoms with Gasteiger partial charge in [0.2, 0.25) is 0 Å². The van der Waals surface area contributed by atoms with Crippen molar-refractivity contribution in [3.63, 3.8) is 0 Å². The van der Waals surface area contributed by atoms with Crippen molar-refractivity contribution in [3.8, 4) is 22.6 Å². The molecule has 4 aromatic rings. The molecule has 0 bridgehead atoms. The molecule has 0 unspecified atom stereocenters. The van der Waals surface area contributed by atoms with Crippen LogP contribution in [0.2, 0.25) is 0 Å². The molecule has 0 spiro atoms. The van der Waals surface area contributed by atoms with E-state index in [-0.39, 0.29) is 6.61 Å². The predicted molar refractivity (Wildman–Crippen MR) is 120 cm³/mol. The first-order valence-corrected chi connectivity index (χ1v) is 10.0. The Morgan fingerprint density at radius 3 is 2.03 bits per heavy atom. The Balaban J connectivity index is 1.97. The van der Waals surface area contributed by atoms with Gasteiger partial charge in [-0.25, -0.2) is 0 Å². The lowest BCUT2D eigenvalue weighted by molar-refractivity contribution is 0.284. The fourth-order valence-electron chi connectivity index (χ4n) is 4.06. The van der Waals surface area contributed by atoms with Crippen LogP contribution in [0, 0.1) is 0 Å². The van der Waals surface area contributed by atoms with E-state index < -0.39 is 0 Å². The summed E-state index contributed by atoms with van der Waals surface area (Å²) in [6, 6.07) is 23.2. The molecular formula is C26H26O3. The van der Waals surface area contributed by atoms with Gasteiger partial charge in [-0.05, 0) is 58.5 Å². The molecule has 0 saturated heterocycles. The summed E-state index contributed by atoms with van der Waals surface area (Å²) in [4.78, 5) is 0. The van der Waals surface area contributed by atoms with Crippen LogP contribution in [0.4, 0.5) is 0 Å². The molecule has 4 rings (SSSR count). The number of hydrogen-bond acceptors (Lipinski definition) is 3. The van der Waals surface area contributed by atoms with Gasteiger partial charge in [-0.2, -0.15) is 0 Å². The molecule has 1 N–H and O–H groups in total. The second-order valence-corrected chi connectivity index (χ2v) is 7.24. The predicted octanol–water partition coefficient (Wildman–Crippen LogP) is 5.99. The quantitative estimate of drug-likeness (QED) is 0.396. The molecule has 0 atom stereocenters. The summed E-state index contributed by atoms with van der Waals surface area (Å²) in [5.74, 6) is 1.67. The van der Waals surface area contributed by atoms with E-state index in [4.69, 9.17) is 14.6 Å². The van der Waals surface area contributed by atoms with Crippen molar-refractivity contribution < 1.29 is 14.6 Å². The Hall–Kier alpha value is -3.04. The van der Waals surface area contributed by atoms with Crippen LogP contribution in [0.15, 0.2) is 66.7 Å². The van der Waals surface area contributed by atoms with E-state index in [1.165, 1.54) is 16.3 Å². The summed E-state index contributed by atoms with van der Waals surface area (Å²) in [6.45, 7) is 0.246. The van der Waals surface area contributed by atoms with Gasteiger partial charge in [0.05, 0.1) is 14.2 Å². The number of methoxy groups -OCH3 is 2. The average molecular weight is 386 g/mol. The topological polar surface area (TPSA) is 38.7 Å². The van der Waals surface area contributed by atoms with Crippen LogP contribution in [0.5, 0.6) is 11.5 Å². The van der Waals surface area contributed by atoms with E-state index in [2.05, 4.69) is 54.6 Å². The molecule has 0 aliphatic carbocycles. The maximum Gasteiger partial charge on any atom is 0.127 e. The van der Waals surface area contributed by atoms with Crippen molar-refractivity contribution in [1.82, 2.24) is 0 Å². The van der Waals surface area contributed by atoms with E-state index in [1.54, 1.807) is 14.2 Å². The summed E-state index contributed by atoms with van der Waals surface area (Å²) in [6.07, 6.45) is 2.79. The van der Waals surface area contributed by atoms with Crippen LogP contribution in [0.25, 0.3) is 32.7 Å². The first kappa shape index (κ1) is 19.3. The SMILES string of the molecule is COc1ccc2ccccc2c1-c1c(OC)ccc2cc(CCCCO)ccc12. The zero-order chi connectivity index (χ0) is 20.2.